The summed E-state index contributed by atoms with van der Waals surface area (Å²) in [6, 6.07) is 3.91. The first-order chi connectivity index (χ1) is 12.1. The van der Waals surface area contributed by atoms with E-state index in [1.807, 2.05) is 35.9 Å². The van der Waals surface area contributed by atoms with Crippen molar-refractivity contribution in [2.45, 2.75) is 39.2 Å². The number of piperidine rings is 1. The maximum absolute atomic E-state index is 12.6. The summed E-state index contributed by atoms with van der Waals surface area (Å²) in [6.45, 7) is 5.35. The smallest absolute Gasteiger partial charge is 0.407 e. The summed E-state index contributed by atoms with van der Waals surface area (Å²) >= 11 is 0. The molecule has 1 N–H and O–H groups in total. The molecule has 2 amide bonds. The van der Waals surface area contributed by atoms with Crippen LogP contribution in [0.25, 0.3) is 5.65 Å². The van der Waals surface area contributed by atoms with Gasteiger partial charge in [-0.05, 0) is 38.3 Å². The minimum absolute atomic E-state index is 0.0384. The summed E-state index contributed by atoms with van der Waals surface area (Å²) in [5.41, 5.74) is 2.73. The summed E-state index contributed by atoms with van der Waals surface area (Å²) < 4.78 is 6.86. The van der Waals surface area contributed by atoms with Crippen LogP contribution in [0.1, 0.15) is 31.0 Å². The van der Waals surface area contributed by atoms with Gasteiger partial charge in [-0.15, -0.1) is 0 Å². The second-order valence-corrected chi connectivity index (χ2v) is 6.37. The minimum Gasteiger partial charge on any atom is -0.450 e. The molecule has 134 valence electrons. The molecule has 0 saturated carbocycles. The number of aryl methyl sites for hydroxylation is 1. The van der Waals surface area contributed by atoms with Crippen molar-refractivity contribution in [1.82, 2.24) is 19.6 Å². The lowest BCUT2D eigenvalue weighted by Gasteiger charge is -2.32. The number of fused-ring (bicyclic) bond motifs is 1. The molecule has 0 spiro atoms. The van der Waals surface area contributed by atoms with Crippen LogP contribution in [-0.4, -0.2) is 52.0 Å². The van der Waals surface area contributed by atoms with Gasteiger partial charge in [0.05, 0.1) is 18.7 Å². The lowest BCUT2D eigenvalue weighted by Crippen LogP contribution is -2.50. The van der Waals surface area contributed by atoms with Crippen LogP contribution in [0, 0.1) is 6.92 Å². The SMILES string of the molecule is CCOC(=O)N[C@@H]1CCCN(C(=O)Cc2cn3cccc(C)c3n2)C1. The van der Waals surface area contributed by atoms with E-state index in [2.05, 4.69) is 10.3 Å². The molecule has 7 heteroatoms. The van der Waals surface area contributed by atoms with Gasteiger partial charge in [-0.25, -0.2) is 9.78 Å². The van der Waals surface area contributed by atoms with Crippen LogP contribution >= 0.6 is 0 Å². The Hall–Kier alpha value is -2.57. The van der Waals surface area contributed by atoms with Gasteiger partial charge in [-0.1, -0.05) is 6.07 Å². The van der Waals surface area contributed by atoms with E-state index in [1.54, 1.807) is 11.8 Å². The number of nitrogens with zero attached hydrogens (tertiary/aromatic N) is 3. The number of likely N-dealkylation sites (tertiary alicyclic amines) is 1. The average molecular weight is 344 g/mol. The maximum Gasteiger partial charge on any atom is 0.407 e. The number of nitrogens with one attached hydrogen (secondary N) is 1. The van der Waals surface area contributed by atoms with Crippen LogP contribution in [-0.2, 0) is 16.0 Å². The quantitative estimate of drug-likeness (QED) is 0.919. The molecule has 0 radical (unpaired) electrons. The van der Waals surface area contributed by atoms with Crippen LogP contribution in [0.15, 0.2) is 24.5 Å². The Labute approximate surface area is 147 Å². The lowest BCUT2D eigenvalue weighted by atomic mass is 10.1. The number of hydrogen-bond donors (Lipinski definition) is 1. The Morgan fingerprint density at radius 3 is 3.04 bits per heavy atom. The van der Waals surface area contributed by atoms with Crippen molar-refractivity contribution in [3.05, 3.63) is 35.8 Å². The number of alkyl carbamates (subject to hydrolysis) is 1. The number of amides is 2. The number of carbonyl (C=O) groups is 2. The van der Waals surface area contributed by atoms with Crippen molar-refractivity contribution < 1.29 is 14.3 Å². The number of hydrogen-bond acceptors (Lipinski definition) is 4. The molecule has 3 heterocycles. The predicted molar refractivity (Wildman–Crippen MR) is 93.4 cm³/mol. The standard InChI is InChI=1S/C18H24N4O3/c1-3-25-18(24)20-14-7-5-8-21(11-14)16(23)10-15-12-22-9-4-6-13(2)17(22)19-15/h4,6,9,12,14H,3,5,7-8,10-11H2,1-2H3,(H,20,24)/t14-/m1/s1. The maximum atomic E-state index is 12.6. The number of imidazole rings is 1. The van der Waals surface area contributed by atoms with Crippen LogP contribution in [0.3, 0.4) is 0 Å². The zero-order valence-corrected chi connectivity index (χ0v) is 14.7. The van der Waals surface area contributed by atoms with E-state index in [0.29, 0.717) is 19.7 Å². The minimum atomic E-state index is -0.419. The molecule has 1 fully saturated rings. The van der Waals surface area contributed by atoms with Gasteiger partial charge in [0.1, 0.15) is 5.65 Å². The van der Waals surface area contributed by atoms with Crippen molar-refractivity contribution in [2.24, 2.45) is 0 Å². The normalized spacial score (nSPS) is 17.5. The second kappa shape index (κ2) is 7.55. The number of carbonyl (C=O) groups excluding carboxylic acids is 2. The third kappa shape index (κ3) is 4.10. The molecule has 25 heavy (non-hydrogen) atoms. The zero-order valence-electron chi connectivity index (χ0n) is 14.7. The molecule has 1 atom stereocenters. The fraction of sp³-hybridized carbons (Fsp3) is 0.500. The summed E-state index contributed by atoms with van der Waals surface area (Å²) in [5, 5.41) is 2.82. The molecule has 0 bridgehead atoms. The van der Waals surface area contributed by atoms with Gasteiger partial charge in [0.25, 0.3) is 0 Å². The van der Waals surface area contributed by atoms with Crippen LogP contribution in [0.5, 0.6) is 0 Å². The fourth-order valence-corrected chi connectivity index (χ4v) is 3.22. The summed E-state index contributed by atoms with van der Waals surface area (Å²) in [4.78, 5) is 30.5. The molecule has 7 nitrogen and oxygen atoms in total. The number of rotatable bonds is 4. The molecule has 1 aliphatic rings. The van der Waals surface area contributed by atoms with Gasteiger partial charge < -0.3 is 19.4 Å². The fourth-order valence-electron chi connectivity index (χ4n) is 3.22. The largest absolute Gasteiger partial charge is 0.450 e. The molecule has 3 rings (SSSR count). The molecule has 1 aliphatic heterocycles. The topological polar surface area (TPSA) is 75.9 Å². The number of aromatic nitrogens is 2. The number of ether oxygens (including phenoxy) is 1. The Morgan fingerprint density at radius 2 is 2.28 bits per heavy atom. The highest BCUT2D eigenvalue weighted by molar-refractivity contribution is 5.79. The first kappa shape index (κ1) is 17.3. The van der Waals surface area contributed by atoms with Gasteiger partial charge in [-0.2, -0.15) is 0 Å². The first-order valence-corrected chi connectivity index (χ1v) is 8.71. The van der Waals surface area contributed by atoms with E-state index >= 15 is 0 Å². The molecular weight excluding hydrogens is 320 g/mol. The summed E-state index contributed by atoms with van der Waals surface area (Å²) in [7, 11) is 0. The Morgan fingerprint density at radius 1 is 1.44 bits per heavy atom. The van der Waals surface area contributed by atoms with E-state index in [4.69, 9.17) is 4.74 Å². The van der Waals surface area contributed by atoms with E-state index in [9.17, 15) is 9.59 Å². The molecule has 2 aromatic heterocycles. The van der Waals surface area contributed by atoms with Crippen molar-refractivity contribution in [1.29, 1.82) is 0 Å². The third-order valence-corrected chi connectivity index (χ3v) is 4.43. The second-order valence-electron chi connectivity index (χ2n) is 6.37. The van der Waals surface area contributed by atoms with Gasteiger partial charge in [0.2, 0.25) is 5.91 Å². The Bertz CT molecular complexity index is 771. The highest BCUT2D eigenvalue weighted by atomic mass is 16.5. The van der Waals surface area contributed by atoms with Crippen LogP contribution in [0.4, 0.5) is 4.79 Å². The molecule has 0 aromatic carbocycles. The van der Waals surface area contributed by atoms with E-state index in [-0.39, 0.29) is 18.4 Å². The van der Waals surface area contributed by atoms with Gasteiger partial charge in [0.15, 0.2) is 0 Å². The van der Waals surface area contributed by atoms with Gasteiger partial charge >= 0.3 is 6.09 Å². The molecule has 0 aliphatic carbocycles. The molecular formula is C18H24N4O3. The first-order valence-electron chi connectivity index (χ1n) is 8.71. The summed E-state index contributed by atoms with van der Waals surface area (Å²) in [5.74, 6) is 0.0384. The molecule has 1 saturated heterocycles. The summed E-state index contributed by atoms with van der Waals surface area (Å²) in [6.07, 6.45) is 5.41. The Balaban J connectivity index is 1.61. The van der Waals surface area contributed by atoms with E-state index in [1.165, 1.54) is 0 Å². The highest BCUT2D eigenvalue weighted by Crippen LogP contribution is 2.14. The van der Waals surface area contributed by atoms with Crippen molar-refractivity contribution >= 4 is 17.6 Å². The molecule has 2 aromatic rings. The van der Waals surface area contributed by atoms with Crippen molar-refractivity contribution in [3.63, 3.8) is 0 Å². The van der Waals surface area contributed by atoms with Gasteiger partial charge in [0, 0.05) is 31.5 Å². The predicted octanol–water partition coefficient (Wildman–Crippen LogP) is 1.92. The molecule has 0 unspecified atom stereocenters. The van der Waals surface area contributed by atoms with E-state index < -0.39 is 6.09 Å². The zero-order chi connectivity index (χ0) is 17.8. The Kier molecular flexibility index (Phi) is 5.21. The van der Waals surface area contributed by atoms with Crippen molar-refractivity contribution in [2.75, 3.05) is 19.7 Å². The highest BCUT2D eigenvalue weighted by Gasteiger charge is 2.25. The third-order valence-electron chi connectivity index (χ3n) is 4.43. The van der Waals surface area contributed by atoms with Crippen LogP contribution < -0.4 is 5.32 Å². The van der Waals surface area contributed by atoms with Crippen molar-refractivity contribution in [3.8, 4) is 0 Å². The van der Waals surface area contributed by atoms with Gasteiger partial charge in [-0.3, -0.25) is 4.79 Å². The van der Waals surface area contributed by atoms with Crippen LogP contribution in [0.2, 0.25) is 0 Å². The average Bonchev–Trinajstić information content (AvgIpc) is 2.99. The van der Waals surface area contributed by atoms with E-state index in [0.717, 1.165) is 29.7 Å². The monoisotopic (exact) mass is 344 g/mol. The lowest BCUT2D eigenvalue weighted by molar-refractivity contribution is -0.131. The number of pyridine rings is 1.